The van der Waals surface area contributed by atoms with Gasteiger partial charge < -0.3 is 4.74 Å². The van der Waals surface area contributed by atoms with Crippen molar-refractivity contribution in [3.8, 4) is 5.75 Å². The highest BCUT2D eigenvalue weighted by Crippen LogP contribution is 2.33. The summed E-state index contributed by atoms with van der Waals surface area (Å²) in [5.41, 5.74) is 1.63. The maximum Gasteiger partial charge on any atom is 0.238 e. The third-order valence-corrected chi connectivity index (χ3v) is 7.18. The molecule has 0 saturated carbocycles. The van der Waals surface area contributed by atoms with Gasteiger partial charge in [0, 0.05) is 10.9 Å². The van der Waals surface area contributed by atoms with E-state index in [1.54, 1.807) is 30.6 Å². The van der Waals surface area contributed by atoms with Crippen molar-refractivity contribution in [3.63, 3.8) is 0 Å². The van der Waals surface area contributed by atoms with Crippen LogP contribution in [-0.2, 0) is 16.4 Å². The summed E-state index contributed by atoms with van der Waals surface area (Å²) in [4.78, 5) is 4.88. The molecule has 0 bridgehead atoms. The Kier molecular flexibility index (Phi) is 6.29. The van der Waals surface area contributed by atoms with Gasteiger partial charge in [0.05, 0.1) is 27.2 Å². The Balaban J connectivity index is 1.78. The first kappa shape index (κ1) is 21.0. The summed E-state index contributed by atoms with van der Waals surface area (Å²) >= 11 is 7.72. The first-order valence-electron chi connectivity index (χ1n) is 8.93. The van der Waals surface area contributed by atoms with Crippen LogP contribution in [0.25, 0.3) is 10.2 Å². The number of ether oxygens (including phenoxy) is 1. The molecule has 0 aliphatic rings. The molecule has 1 aromatic heterocycles. The molecular weight excluding hydrogens is 416 g/mol. The van der Waals surface area contributed by atoms with Crippen LogP contribution in [0.1, 0.15) is 36.8 Å². The minimum absolute atomic E-state index is 0.155. The predicted molar refractivity (Wildman–Crippen MR) is 115 cm³/mol. The topological polar surface area (TPSA) is 82.3 Å². The number of methoxy groups -OCH3 is 1. The summed E-state index contributed by atoms with van der Waals surface area (Å²) in [6.07, 6.45) is 1.46. The van der Waals surface area contributed by atoms with Crippen molar-refractivity contribution in [2.45, 2.75) is 37.5 Å². The third kappa shape index (κ3) is 4.84. The molecule has 0 aliphatic carbocycles. The Labute approximate surface area is 174 Å². The van der Waals surface area contributed by atoms with Crippen LogP contribution in [0, 0.1) is 5.92 Å². The minimum Gasteiger partial charge on any atom is -0.497 e. The van der Waals surface area contributed by atoms with Crippen molar-refractivity contribution in [1.82, 2.24) is 4.98 Å². The molecule has 2 N–H and O–H groups in total. The molecule has 5 nitrogen and oxygen atoms in total. The molecule has 0 spiro atoms. The quantitative estimate of drug-likeness (QED) is 0.564. The molecule has 8 heteroatoms. The highest BCUT2D eigenvalue weighted by Gasteiger charge is 2.20. The monoisotopic (exact) mass is 438 g/mol. The van der Waals surface area contributed by atoms with Crippen LogP contribution in [0.2, 0.25) is 5.02 Å². The molecule has 0 fully saturated rings. The molecule has 3 rings (SSSR count). The molecule has 2 unspecified atom stereocenters. The molecule has 0 saturated heterocycles. The van der Waals surface area contributed by atoms with E-state index in [0.717, 1.165) is 21.6 Å². The molecule has 2 atom stereocenters. The number of nitrogens with two attached hydrogens (primary N) is 1. The molecular formula is C20H23ClN2O3S2. The van der Waals surface area contributed by atoms with E-state index in [4.69, 9.17) is 26.5 Å². The lowest BCUT2D eigenvalue weighted by Crippen LogP contribution is -2.16. The average molecular weight is 439 g/mol. The minimum atomic E-state index is -3.78. The number of hydrogen-bond donors (Lipinski definition) is 1. The number of benzene rings is 2. The Hall–Kier alpha value is -1.67. The average Bonchev–Trinajstić information content (AvgIpc) is 3.03. The van der Waals surface area contributed by atoms with Gasteiger partial charge in [-0.25, -0.2) is 18.5 Å². The van der Waals surface area contributed by atoms with E-state index in [9.17, 15) is 8.42 Å². The van der Waals surface area contributed by atoms with Gasteiger partial charge in [-0.3, -0.25) is 0 Å². The smallest absolute Gasteiger partial charge is 0.238 e. The fourth-order valence-electron chi connectivity index (χ4n) is 3.41. The van der Waals surface area contributed by atoms with Gasteiger partial charge in [-0.2, -0.15) is 0 Å². The maximum absolute atomic E-state index is 11.9. The van der Waals surface area contributed by atoms with E-state index in [2.05, 4.69) is 13.8 Å². The van der Waals surface area contributed by atoms with Gasteiger partial charge in [0.1, 0.15) is 5.75 Å². The lowest BCUT2D eigenvalue weighted by atomic mass is 9.92. The molecule has 2 aromatic carbocycles. The lowest BCUT2D eigenvalue weighted by Gasteiger charge is -2.17. The molecule has 0 amide bonds. The van der Waals surface area contributed by atoms with E-state index in [0.29, 0.717) is 22.8 Å². The van der Waals surface area contributed by atoms with Crippen LogP contribution in [0.5, 0.6) is 5.75 Å². The van der Waals surface area contributed by atoms with E-state index in [-0.39, 0.29) is 16.7 Å². The number of rotatable bonds is 7. The summed E-state index contributed by atoms with van der Waals surface area (Å²) in [7, 11) is -2.23. The summed E-state index contributed by atoms with van der Waals surface area (Å²) in [5.74, 6) is 1.10. The summed E-state index contributed by atoms with van der Waals surface area (Å²) < 4.78 is 30.2. The zero-order chi connectivity index (χ0) is 20.5. The Morgan fingerprint density at radius 3 is 2.64 bits per heavy atom. The zero-order valence-electron chi connectivity index (χ0n) is 16.0. The van der Waals surface area contributed by atoms with Crippen LogP contribution in [0.4, 0.5) is 0 Å². The van der Waals surface area contributed by atoms with E-state index in [1.807, 2.05) is 18.2 Å². The summed E-state index contributed by atoms with van der Waals surface area (Å²) in [6.45, 7) is 4.25. The number of primary sulfonamides is 1. The van der Waals surface area contributed by atoms with Gasteiger partial charge in [-0.15, -0.1) is 11.3 Å². The zero-order valence-corrected chi connectivity index (χ0v) is 18.4. The number of hydrogen-bond acceptors (Lipinski definition) is 5. The fourth-order valence-corrected chi connectivity index (χ4v) is 5.48. The third-order valence-electron chi connectivity index (χ3n) is 4.69. The SMILES string of the molecule is COc1ccc(S(N)(=O)=O)c(CC(C)CC(C)c2nc3ccc(Cl)cc3s2)c1. The molecule has 0 radical (unpaired) electrons. The van der Waals surface area contributed by atoms with Crippen LogP contribution in [0.3, 0.4) is 0 Å². The van der Waals surface area contributed by atoms with Crippen LogP contribution in [0.15, 0.2) is 41.3 Å². The van der Waals surface area contributed by atoms with Gasteiger partial charge in [-0.1, -0.05) is 25.4 Å². The second kappa shape index (κ2) is 8.37. The van der Waals surface area contributed by atoms with E-state index >= 15 is 0 Å². The predicted octanol–water partition coefficient (Wildman–Crippen LogP) is 4.98. The highest BCUT2D eigenvalue weighted by molar-refractivity contribution is 7.89. The van der Waals surface area contributed by atoms with Gasteiger partial charge in [-0.05, 0) is 60.7 Å². The molecule has 150 valence electrons. The molecule has 1 heterocycles. The highest BCUT2D eigenvalue weighted by atomic mass is 35.5. The standard InChI is InChI=1S/C20H23ClN2O3S2/c1-12(9-14-10-16(26-3)5-7-19(14)28(22,24)25)8-13(2)20-23-17-6-4-15(21)11-18(17)27-20/h4-7,10-13H,8-9H2,1-3H3,(H2,22,24,25). The van der Waals surface area contributed by atoms with Crippen LogP contribution in [-0.4, -0.2) is 20.5 Å². The van der Waals surface area contributed by atoms with Crippen molar-refractivity contribution < 1.29 is 13.2 Å². The summed E-state index contributed by atoms with van der Waals surface area (Å²) in [6, 6.07) is 10.6. The largest absolute Gasteiger partial charge is 0.497 e. The van der Waals surface area contributed by atoms with Crippen molar-refractivity contribution in [1.29, 1.82) is 0 Å². The van der Waals surface area contributed by atoms with Crippen molar-refractivity contribution in [2.75, 3.05) is 7.11 Å². The number of fused-ring (bicyclic) bond motifs is 1. The van der Waals surface area contributed by atoms with E-state index < -0.39 is 10.0 Å². The lowest BCUT2D eigenvalue weighted by molar-refractivity contribution is 0.412. The Morgan fingerprint density at radius 2 is 1.96 bits per heavy atom. The van der Waals surface area contributed by atoms with Crippen molar-refractivity contribution in [3.05, 3.63) is 52.0 Å². The van der Waals surface area contributed by atoms with Crippen LogP contribution < -0.4 is 9.88 Å². The fraction of sp³-hybridized carbons (Fsp3) is 0.350. The number of aromatic nitrogens is 1. The van der Waals surface area contributed by atoms with Gasteiger partial charge in [0.25, 0.3) is 0 Å². The Morgan fingerprint density at radius 1 is 1.21 bits per heavy atom. The number of nitrogens with zero attached hydrogens (tertiary/aromatic N) is 1. The van der Waals surface area contributed by atoms with Gasteiger partial charge in [0.2, 0.25) is 10.0 Å². The Bertz CT molecular complexity index is 1100. The molecule has 0 aliphatic heterocycles. The summed E-state index contributed by atoms with van der Waals surface area (Å²) in [5, 5.41) is 7.15. The number of halogens is 1. The van der Waals surface area contributed by atoms with Crippen LogP contribution >= 0.6 is 22.9 Å². The van der Waals surface area contributed by atoms with Gasteiger partial charge >= 0.3 is 0 Å². The van der Waals surface area contributed by atoms with Crippen molar-refractivity contribution >= 4 is 43.2 Å². The first-order chi connectivity index (χ1) is 13.2. The van der Waals surface area contributed by atoms with E-state index in [1.165, 1.54) is 6.07 Å². The maximum atomic E-state index is 11.9. The number of sulfonamides is 1. The number of thiazole rings is 1. The molecule has 28 heavy (non-hydrogen) atoms. The molecule has 3 aromatic rings. The van der Waals surface area contributed by atoms with Gasteiger partial charge in [0.15, 0.2) is 0 Å². The second-order valence-corrected chi connectivity index (χ2v) is 10.2. The first-order valence-corrected chi connectivity index (χ1v) is 11.7. The second-order valence-electron chi connectivity index (χ2n) is 7.13. The normalized spacial score (nSPS) is 14.2. The van der Waals surface area contributed by atoms with Crippen molar-refractivity contribution in [2.24, 2.45) is 11.1 Å².